The molecule has 0 bridgehead atoms. The fourth-order valence-electron chi connectivity index (χ4n) is 1.90. The number of halogens is 1. The maximum Gasteiger partial charge on any atom is 0.256 e. The van der Waals surface area contributed by atoms with Crippen molar-refractivity contribution in [3.8, 4) is 0 Å². The van der Waals surface area contributed by atoms with Crippen molar-refractivity contribution in [1.29, 1.82) is 0 Å². The van der Waals surface area contributed by atoms with E-state index in [-0.39, 0.29) is 5.91 Å². The predicted octanol–water partition coefficient (Wildman–Crippen LogP) is 3.85. The van der Waals surface area contributed by atoms with Crippen molar-refractivity contribution in [2.75, 3.05) is 18.9 Å². The summed E-state index contributed by atoms with van der Waals surface area (Å²) < 4.78 is 0.929. The van der Waals surface area contributed by atoms with Gasteiger partial charge in [0.1, 0.15) is 0 Å². The van der Waals surface area contributed by atoms with Crippen LogP contribution in [0.1, 0.15) is 30.1 Å². The molecule has 116 valence electrons. The molecule has 0 spiro atoms. The highest BCUT2D eigenvalue weighted by Crippen LogP contribution is 2.23. The van der Waals surface area contributed by atoms with E-state index in [1.54, 1.807) is 24.3 Å². The smallest absolute Gasteiger partial charge is 0.256 e. The summed E-state index contributed by atoms with van der Waals surface area (Å²) in [4.78, 5) is 22.3. The number of nitrogens with zero attached hydrogens (tertiary/aromatic N) is 3. The first-order chi connectivity index (χ1) is 10.6. The monoisotopic (exact) mass is 362 g/mol. The zero-order chi connectivity index (χ0) is 15.9. The van der Waals surface area contributed by atoms with E-state index in [1.807, 2.05) is 24.3 Å². The summed E-state index contributed by atoms with van der Waals surface area (Å²) >= 11 is 3.46. The zero-order valence-electron chi connectivity index (χ0n) is 12.7. The van der Waals surface area contributed by atoms with E-state index in [9.17, 15) is 4.79 Å². The Labute approximate surface area is 138 Å². The third-order valence-electron chi connectivity index (χ3n) is 3.21. The van der Waals surface area contributed by atoms with E-state index < -0.39 is 0 Å². The number of rotatable bonds is 6. The maximum atomic E-state index is 12.2. The number of hydrogen-bond donors (Lipinski definition) is 1. The molecule has 1 aromatic heterocycles. The lowest BCUT2D eigenvalue weighted by molar-refractivity contribution is 0.0792. The van der Waals surface area contributed by atoms with E-state index in [0.717, 1.165) is 29.5 Å². The number of para-hydroxylation sites is 1. The molecule has 0 saturated heterocycles. The van der Waals surface area contributed by atoms with Gasteiger partial charge >= 0.3 is 0 Å². The highest BCUT2D eigenvalue weighted by Gasteiger charge is 2.12. The molecule has 0 atom stereocenters. The number of nitrogens with one attached hydrogen (secondary N) is 1. The van der Waals surface area contributed by atoms with Crippen molar-refractivity contribution in [3.63, 3.8) is 0 Å². The summed E-state index contributed by atoms with van der Waals surface area (Å²) in [6, 6.07) is 7.71. The second-order valence-corrected chi connectivity index (χ2v) is 5.83. The number of hydrogen-bond acceptors (Lipinski definition) is 4. The molecule has 0 unspecified atom stereocenters. The number of carbonyl (C=O) groups excluding carboxylic acids is 1. The van der Waals surface area contributed by atoms with Crippen LogP contribution in [0.25, 0.3) is 0 Å². The van der Waals surface area contributed by atoms with Gasteiger partial charge in [-0.15, -0.1) is 0 Å². The minimum Gasteiger partial charge on any atom is -0.342 e. The van der Waals surface area contributed by atoms with Gasteiger partial charge in [0.15, 0.2) is 0 Å². The molecule has 22 heavy (non-hydrogen) atoms. The minimum atomic E-state index is -0.0547. The van der Waals surface area contributed by atoms with Gasteiger partial charge in [-0.2, -0.15) is 0 Å². The van der Waals surface area contributed by atoms with Gasteiger partial charge in [-0.25, -0.2) is 9.97 Å². The first-order valence-corrected chi connectivity index (χ1v) is 8.00. The Morgan fingerprint density at radius 3 is 2.59 bits per heavy atom. The van der Waals surface area contributed by atoms with Gasteiger partial charge in [-0.3, -0.25) is 4.79 Å². The summed E-state index contributed by atoms with van der Waals surface area (Å²) in [5.74, 6) is 0.403. The largest absolute Gasteiger partial charge is 0.342 e. The van der Waals surface area contributed by atoms with Crippen molar-refractivity contribution in [3.05, 3.63) is 46.7 Å². The minimum absolute atomic E-state index is 0.0547. The molecule has 0 radical (unpaired) electrons. The van der Waals surface area contributed by atoms with Crippen LogP contribution in [0.4, 0.5) is 11.6 Å². The van der Waals surface area contributed by atoms with Crippen LogP contribution < -0.4 is 5.32 Å². The summed E-state index contributed by atoms with van der Waals surface area (Å²) in [6.07, 6.45) is 5.15. The van der Waals surface area contributed by atoms with Crippen LogP contribution in [0.15, 0.2) is 41.1 Å². The third kappa shape index (κ3) is 4.27. The van der Waals surface area contributed by atoms with Crippen molar-refractivity contribution in [2.45, 2.75) is 19.8 Å². The van der Waals surface area contributed by atoms with E-state index in [4.69, 9.17) is 0 Å². The van der Waals surface area contributed by atoms with Crippen LogP contribution in [0, 0.1) is 0 Å². The number of aromatic nitrogens is 2. The molecule has 2 rings (SSSR count). The van der Waals surface area contributed by atoms with Crippen molar-refractivity contribution < 1.29 is 4.79 Å². The van der Waals surface area contributed by atoms with Crippen LogP contribution in [-0.4, -0.2) is 34.4 Å². The Morgan fingerprint density at radius 1 is 1.27 bits per heavy atom. The maximum absolute atomic E-state index is 12.2. The van der Waals surface area contributed by atoms with E-state index in [0.29, 0.717) is 11.5 Å². The normalized spacial score (nSPS) is 10.3. The molecule has 0 fully saturated rings. The van der Waals surface area contributed by atoms with E-state index in [1.165, 1.54) is 0 Å². The Morgan fingerprint density at radius 2 is 1.95 bits per heavy atom. The van der Waals surface area contributed by atoms with Crippen LogP contribution >= 0.6 is 15.9 Å². The molecule has 0 saturated carbocycles. The SMILES string of the molecule is CCCCN(C)C(=O)c1cnc(Nc2ccccc2Br)nc1. The molecule has 1 aromatic carbocycles. The number of unbranched alkanes of at least 4 members (excludes halogenated alkanes) is 1. The first-order valence-electron chi connectivity index (χ1n) is 7.21. The lowest BCUT2D eigenvalue weighted by Crippen LogP contribution is -2.27. The molecule has 5 nitrogen and oxygen atoms in total. The van der Waals surface area contributed by atoms with Gasteiger partial charge in [0.25, 0.3) is 5.91 Å². The molecular formula is C16H19BrN4O. The van der Waals surface area contributed by atoms with Gasteiger partial charge in [-0.05, 0) is 34.5 Å². The zero-order valence-corrected chi connectivity index (χ0v) is 14.3. The summed E-state index contributed by atoms with van der Waals surface area (Å²) in [5.41, 5.74) is 1.37. The number of anilines is 2. The van der Waals surface area contributed by atoms with Gasteiger partial charge in [0.05, 0.1) is 11.3 Å². The van der Waals surface area contributed by atoms with Crippen molar-refractivity contribution in [2.24, 2.45) is 0 Å². The first kappa shape index (κ1) is 16.4. The molecular weight excluding hydrogens is 344 g/mol. The van der Waals surface area contributed by atoms with Gasteiger partial charge in [0, 0.05) is 30.5 Å². The quantitative estimate of drug-likeness (QED) is 0.847. The second-order valence-electron chi connectivity index (χ2n) is 4.98. The molecule has 6 heteroatoms. The Bertz CT molecular complexity index is 630. The number of carbonyl (C=O) groups is 1. The van der Waals surface area contributed by atoms with Gasteiger partial charge < -0.3 is 10.2 Å². The molecule has 1 heterocycles. The lowest BCUT2D eigenvalue weighted by atomic mass is 10.2. The molecule has 1 N–H and O–H groups in total. The molecule has 0 aliphatic heterocycles. The van der Waals surface area contributed by atoms with Crippen LogP contribution in [0.5, 0.6) is 0 Å². The third-order valence-corrected chi connectivity index (χ3v) is 3.90. The fraction of sp³-hybridized carbons (Fsp3) is 0.312. The fourth-order valence-corrected chi connectivity index (χ4v) is 2.29. The van der Waals surface area contributed by atoms with Gasteiger partial charge in [-0.1, -0.05) is 25.5 Å². The Hall–Kier alpha value is -1.95. The topological polar surface area (TPSA) is 58.1 Å². The molecule has 1 amide bonds. The van der Waals surface area contributed by atoms with Gasteiger partial charge in [0.2, 0.25) is 5.95 Å². The van der Waals surface area contributed by atoms with Crippen molar-refractivity contribution >= 4 is 33.5 Å². The standard InChI is InChI=1S/C16H19BrN4O/c1-3-4-9-21(2)15(22)12-10-18-16(19-11-12)20-14-8-6-5-7-13(14)17/h5-8,10-11H,3-4,9H2,1-2H3,(H,18,19,20). The highest BCUT2D eigenvalue weighted by molar-refractivity contribution is 9.10. The highest BCUT2D eigenvalue weighted by atomic mass is 79.9. The Kier molecular flexibility index (Phi) is 5.89. The molecule has 2 aromatic rings. The lowest BCUT2D eigenvalue weighted by Gasteiger charge is -2.16. The summed E-state index contributed by atoms with van der Waals surface area (Å²) in [5, 5.41) is 3.11. The predicted molar refractivity (Wildman–Crippen MR) is 91.3 cm³/mol. The Balaban J connectivity index is 2.04. The summed E-state index contributed by atoms with van der Waals surface area (Å²) in [6.45, 7) is 2.84. The molecule has 0 aliphatic rings. The summed E-state index contributed by atoms with van der Waals surface area (Å²) in [7, 11) is 1.80. The average Bonchev–Trinajstić information content (AvgIpc) is 2.55. The van der Waals surface area contributed by atoms with E-state index >= 15 is 0 Å². The van der Waals surface area contributed by atoms with E-state index in [2.05, 4.69) is 38.1 Å². The van der Waals surface area contributed by atoms with Crippen LogP contribution in [0.2, 0.25) is 0 Å². The molecule has 0 aliphatic carbocycles. The number of amides is 1. The number of benzene rings is 1. The van der Waals surface area contributed by atoms with Crippen LogP contribution in [0.3, 0.4) is 0 Å². The average molecular weight is 363 g/mol. The van der Waals surface area contributed by atoms with Crippen LogP contribution in [-0.2, 0) is 0 Å². The van der Waals surface area contributed by atoms with Crippen molar-refractivity contribution in [1.82, 2.24) is 14.9 Å². The second kappa shape index (κ2) is 7.89.